The number of carbonyl (C=O) groups is 3. The number of carbonyl (C=O) groups excluding carboxylic acids is 3. The van der Waals surface area contributed by atoms with Gasteiger partial charge in [0.05, 0.1) is 46.0 Å². The Kier molecular flexibility index (Phi) is 21.4. The summed E-state index contributed by atoms with van der Waals surface area (Å²) in [4.78, 5) is 65.1. The minimum absolute atomic E-state index is 0.0533. The molecule has 0 spiro atoms. The van der Waals surface area contributed by atoms with Crippen LogP contribution in [-0.2, 0) is 34.4 Å². The number of aromatic nitrogens is 4. The standard InChI is InChI=1S/C15H20N2O.C14H16FN3O.C14H17N3O2.C14H20N2O2S.C13H16FN3O2S/c1-11(18)17-8-6-12(7-9-17)14-10-16-15-5-3-2-4-13(14)15;1-10(19)17-4-6-18(7-5-17)14-9-16-13-8-11(15)2-3-12(13)14;1-10(18)16-8-6-11(7-9-16)17-13-5-3-2-4-12(13)15-14(17)19;1-19(17,18)16-8-6-11(7-9-16)13-10-15-14-5-3-2-4-12(13)14;1-20(18,19)17-6-4-16(5-7-17)13-9-15-12-8-10(14)2-3-11(12)13/h2-5,12,14,16H,6-10H2,1H3;2-3,8-9,16H,4-7H2,1H3;2-5,11H,6-9H2,1H3,(H,15,19);2-5,11,13,15H,6-10H2,1H3;2-3,8-9,15H,4-7H2,1H3. The molecule has 0 saturated carbocycles. The zero-order valence-corrected chi connectivity index (χ0v) is 56.5. The molecule has 5 aromatic carbocycles. The van der Waals surface area contributed by atoms with Gasteiger partial charge in [-0.25, -0.2) is 34.7 Å². The van der Waals surface area contributed by atoms with Crippen molar-refractivity contribution in [3.8, 4) is 0 Å². The average Bonchev–Trinajstić information content (AvgIpc) is 1.82. The highest BCUT2D eigenvalue weighted by molar-refractivity contribution is 7.88. The largest absolute Gasteiger partial charge is 0.384 e. The molecule has 508 valence electrons. The molecule has 8 aromatic rings. The van der Waals surface area contributed by atoms with Crippen LogP contribution in [0.4, 0.5) is 31.5 Å². The Hall–Kier alpha value is -8.26. The number of amides is 3. The van der Waals surface area contributed by atoms with Crippen molar-refractivity contribution in [1.29, 1.82) is 0 Å². The molecule has 0 bridgehead atoms. The summed E-state index contributed by atoms with van der Waals surface area (Å²) in [6.07, 6.45) is 12.2. The number of benzene rings is 5. The summed E-state index contributed by atoms with van der Waals surface area (Å²) in [7, 11) is -6.13. The topological polar surface area (TPSA) is 236 Å². The summed E-state index contributed by atoms with van der Waals surface area (Å²) in [5.41, 5.74) is 10.8. The van der Waals surface area contributed by atoms with Gasteiger partial charge in [-0.1, -0.05) is 48.5 Å². The van der Waals surface area contributed by atoms with Crippen LogP contribution in [0.2, 0.25) is 0 Å². The Labute approximate surface area is 554 Å². The van der Waals surface area contributed by atoms with Gasteiger partial charge in [0, 0.05) is 178 Å². The Morgan fingerprint density at radius 2 is 0.863 bits per heavy atom. The Morgan fingerprint density at radius 3 is 1.33 bits per heavy atom. The molecule has 0 radical (unpaired) electrons. The number of piperidine rings is 3. The third-order valence-corrected chi connectivity index (χ3v) is 22.7. The van der Waals surface area contributed by atoms with Crippen LogP contribution in [0.15, 0.2) is 126 Å². The van der Waals surface area contributed by atoms with Crippen LogP contribution in [0.3, 0.4) is 0 Å². The van der Waals surface area contributed by atoms with Crippen molar-refractivity contribution in [3.63, 3.8) is 0 Å². The number of piperazine rings is 2. The number of halogens is 2. The maximum atomic E-state index is 13.2. The summed E-state index contributed by atoms with van der Waals surface area (Å²) in [6, 6.07) is 34.4. The van der Waals surface area contributed by atoms with E-state index in [-0.39, 0.29) is 41.1 Å². The summed E-state index contributed by atoms with van der Waals surface area (Å²) in [5, 5.41) is 8.94. The van der Waals surface area contributed by atoms with Gasteiger partial charge in [-0.3, -0.25) is 19.0 Å². The van der Waals surface area contributed by atoms with Gasteiger partial charge in [0.15, 0.2) is 0 Å². The Morgan fingerprint density at radius 1 is 0.463 bits per heavy atom. The van der Waals surface area contributed by atoms with E-state index in [1.165, 1.54) is 63.6 Å². The Bertz CT molecular complexity index is 4290. The second-order valence-electron chi connectivity index (χ2n) is 25.9. The summed E-state index contributed by atoms with van der Waals surface area (Å²) >= 11 is 0. The lowest BCUT2D eigenvalue weighted by Gasteiger charge is -2.35. The van der Waals surface area contributed by atoms with Crippen molar-refractivity contribution >= 4 is 93.4 Å². The molecule has 5 fully saturated rings. The van der Waals surface area contributed by atoms with Gasteiger partial charge >= 0.3 is 5.69 Å². The quantitative estimate of drug-likeness (QED) is 0.100. The molecule has 3 amide bonds. The van der Waals surface area contributed by atoms with E-state index in [9.17, 15) is 44.8 Å². The molecule has 5 N–H and O–H groups in total. The lowest BCUT2D eigenvalue weighted by Crippen LogP contribution is -2.48. The third-order valence-electron chi connectivity index (χ3n) is 20.1. The molecular formula is C70H89F2N13O8S2. The molecule has 3 aromatic heterocycles. The van der Waals surface area contributed by atoms with Crippen molar-refractivity contribution in [2.75, 3.05) is 138 Å². The molecular weight excluding hydrogens is 1250 g/mol. The first kappa shape index (κ1) is 68.1. The fourth-order valence-corrected chi connectivity index (χ4v) is 16.5. The minimum atomic E-state index is -3.12. The number of hydrogen-bond donors (Lipinski definition) is 5. The van der Waals surface area contributed by atoms with Crippen LogP contribution in [0.25, 0.3) is 32.8 Å². The number of nitrogens with one attached hydrogen (secondary N) is 5. The van der Waals surface area contributed by atoms with Crippen LogP contribution in [-0.4, -0.2) is 195 Å². The molecule has 2 unspecified atom stereocenters. The number of aromatic amines is 3. The van der Waals surface area contributed by atoms with Crippen LogP contribution in [0.1, 0.15) is 88.3 Å². The van der Waals surface area contributed by atoms with E-state index in [1.54, 1.807) is 37.2 Å². The van der Waals surface area contributed by atoms with Crippen molar-refractivity contribution in [2.24, 2.45) is 11.8 Å². The van der Waals surface area contributed by atoms with Crippen LogP contribution in [0, 0.1) is 23.5 Å². The maximum absolute atomic E-state index is 13.2. The van der Waals surface area contributed by atoms with E-state index in [2.05, 4.69) is 83.9 Å². The molecule has 15 rings (SSSR count). The van der Waals surface area contributed by atoms with E-state index in [0.29, 0.717) is 57.0 Å². The second kappa shape index (κ2) is 29.8. The van der Waals surface area contributed by atoms with Crippen LogP contribution < -0.4 is 26.1 Å². The molecule has 0 aliphatic carbocycles. The minimum Gasteiger partial charge on any atom is -0.384 e. The van der Waals surface area contributed by atoms with E-state index in [1.807, 2.05) is 55.9 Å². The number of para-hydroxylation sites is 4. The molecule has 21 nitrogen and oxygen atoms in total. The van der Waals surface area contributed by atoms with Crippen molar-refractivity contribution < 1.29 is 40.0 Å². The molecule has 10 heterocycles. The normalized spacial score (nSPS) is 19.8. The zero-order valence-electron chi connectivity index (χ0n) is 54.9. The first-order valence-corrected chi connectivity index (χ1v) is 36.8. The van der Waals surface area contributed by atoms with E-state index in [4.69, 9.17) is 0 Å². The van der Waals surface area contributed by atoms with Gasteiger partial charge < -0.3 is 50.1 Å². The molecule has 95 heavy (non-hydrogen) atoms. The van der Waals surface area contributed by atoms with Gasteiger partial charge in [0.25, 0.3) is 0 Å². The SMILES string of the molecule is CC(=O)N1CCC(C2CNc3ccccc32)CC1.CC(=O)N1CCC(n2c(=O)[nH]c3ccccc32)CC1.CC(=O)N1CCN(c2c[nH]c3cc(F)ccc23)CC1.CS(=O)(=O)N1CCC(C2CNc3ccccc32)CC1.CS(=O)(=O)N1CCN(c2c[nH]c3cc(F)ccc23)CC1. The second-order valence-corrected chi connectivity index (χ2v) is 29.9. The van der Waals surface area contributed by atoms with Gasteiger partial charge in [-0.15, -0.1) is 0 Å². The molecule has 25 heteroatoms. The number of H-pyrrole nitrogens is 3. The number of hydrogen-bond acceptors (Lipinski definition) is 12. The molecule has 7 aliphatic rings. The maximum Gasteiger partial charge on any atom is 0.326 e. The first-order valence-electron chi connectivity index (χ1n) is 33.1. The van der Waals surface area contributed by atoms with E-state index < -0.39 is 20.0 Å². The number of fused-ring (bicyclic) bond motifs is 5. The first-order chi connectivity index (χ1) is 45.6. The van der Waals surface area contributed by atoms with Crippen LogP contribution >= 0.6 is 0 Å². The predicted molar refractivity (Wildman–Crippen MR) is 372 cm³/mol. The van der Waals surface area contributed by atoms with E-state index >= 15 is 0 Å². The van der Waals surface area contributed by atoms with Crippen LogP contribution in [0.5, 0.6) is 0 Å². The zero-order chi connectivity index (χ0) is 67.1. The number of imidazole rings is 1. The van der Waals surface area contributed by atoms with Crippen molar-refractivity contribution in [3.05, 3.63) is 155 Å². The molecule has 7 aliphatic heterocycles. The Balaban J connectivity index is 0.000000121. The van der Waals surface area contributed by atoms with Gasteiger partial charge in [-0.2, -0.15) is 4.31 Å². The van der Waals surface area contributed by atoms with Gasteiger partial charge in [0.2, 0.25) is 37.8 Å². The smallest absolute Gasteiger partial charge is 0.326 e. The highest BCUT2D eigenvalue weighted by Gasteiger charge is 2.35. The number of nitrogens with zero attached hydrogens (tertiary/aromatic N) is 8. The van der Waals surface area contributed by atoms with Gasteiger partial charge in [0.1, 0.15) is 11.6 Å². The van der Waals surface area contributed by atoms with E-state index in [0.717, 1.165) is 154 Å². The number of anilines is 4. The lowest BCUT2D eigenvalue weighted by molar-refractivity contribution is -0.131. The van der Waals surface area contributed by atoms with Gasteiger partial charge in [-0.05, 0) is 122 Å². The summed E-state index contributed by atoms with van der Waals surface area (Å²) in [6.45, 7) is 16.9. The van der Waals surface area contributed by atoms with Crippen molar-refractivity contribution in [1.82, 2.24) is 42.8 Å². The monoisotopic (exact) mass is 1340 g/mol. The number of sulfonamides is 2. The molecule has 2 atom stereocenters. The summed E-state index contributed by atoms with van der Waals surface area (Å²) < 4.78 is 77.3. The highest BCUT2D eigenvalue weighted by atomic mass is 32.2. The predicted octanol–water partition coefficient (Wildman–Crippen LogP) is 9.20. The summed E-state index contributed by atoms with van der Waals surface area (Å²) in [5.74, 6) is 2.44. The molecule has 5 saturated heterocycles. The van der Waals surface area contributed by atoms with Crippen molar-refractivity contribution in [2.45, 2.75) is 77.2 Å². The lowest BCUT2D eigenvalue weighted by atomic mass is 9.81. The average molecular weight is 1340 g/mol. The fraction of sp³-hybridized carbons (Fsp3) is 0.457. The highest BCUT2D eigenvalue weighted by Crippen LogP contribution is 2.42. The third kappa shape index (κ3) is 16.2. The number of rotatable bonds is 7. The number of likely N-dealkylation sites (tertiary alicyclic amines) is 2. The fourth-order valence-electron chi connectivity index (χ4n) is 14.8.